The van der Waals surface area contributed by atoms with Gasteiger partial charge >= 0.3 is 6.03 Å². The average Bonchev–Trinajstić information content (AvgIpc) is 2.68. The highest BCUT2D eigenvalue weighted by Crippen LogP contribution is 2.26. The number of aryl methyl sites for hydroxylation is 3. The average molecular weight is 383 g/mol. The summed E-state index contributed by atoms with van der Waals surface area (Å²) in [6.07, 6.45) is 0. The summed E-state index contributed by atoms with van der Waals surface area (Å²) in [7, 11) is 0. The molecule has 150 valence electrons. The van der Waals surface area contributed by atoms with Crippen molar-refractivity contribution in [3.63, 3.8) is 0 Å². The van der Waals surface area contributed by atoms with Gasteiger partial charge in [0.25, 0.3) is 0 Å². The van der Waals surface area contributed by atoms with Crippen molar-refractivity contribution in [2.24, 2.45) is 0 Å². The van der Waals surface area contributed by atoms with Crippen LogP contribution in [0, 0.1) is 20.8 Å². The third-order valence-electron chi connectivity index (χ3n) is 4.74. The highest BCUT2D eigenvalue weighted by molar-refractivity contribution is 5.93. The Balaban J connectivity index is 1.50. The molecule has 1 fully saturated rings. The van der Waals surface area contributed by atoms with Gasteiger partial charge in [-0.15, -0.1) is 0 Å². The Kier molecular flexibility index (Phi) is 6.76. The molecule has 0 unspecified atom stereocenters. The molecule has 2 aromatic carbocycles. The van der Waals surface area contributed by atoms with Gasteiger partial charge < -0.3 is 25.0 Å². The molecular formula is C22H29N3O3. The van der Waals surface area contributed by atoms with E-state index in [0.717, 1.165) is 41.3 Å². The number of ether oxygens (including phenoxy) is 2. The van der Waals surface area contributed by atoms with Crippen molar-refractivity contribution in [3.8, 4) is 5.75 Å². The van der Waals surface area contributed by atoms with Crippen molar-refractivity contribution in [1.82, 2.24) is 5.32 Å². The van der Waals surface area contributed by atoms with E-state index in [0.29, 0.717) is 26.4 Å². The number of benzene rings is 2. The van der Waals surface area contributed by atoms with E-state index in [1.165, 1.54) is 5.56 Å². The maximum atomic E-state index is 12.3. The lowest BCUT2D eigenvalue weighted by atomic mass is 10.1. The lowest BCUT2D eigenvalue weighted by Gasteiger charge is -2.30. The van der Waals surface area contributed by atoms with E-state index >= 15 is 0 Å². The Labute approximate surface area is 166 Å². The third-order valence-corrected chi connectivity index (χ3v) is 4.74. The zero-order chi connectivity index (χ0) is 19.9. The van der Waals surface area contributed by atoms with Gasteiger partial charge in [-0.3, -0.25) is 0 Å². The number of carbonyl (C=O) groups excluding carboxylic acids is 1. The zero-order valence-corrected chi connectivity index (χ0v) is 16.9. The summed E-state index contributed by atoms with van der Waals surface area (Å²) in [6.45, 7) is 10.1. The Bertz CT molecular complexity index is 793. The second kappa shape index (κ2) is 9.46. The van der Waals surface area contributed by atoms with Gasteiger partial charge in [0, 0.05) is 13.1 Å². The van der Waals surface area contributed by atoms with Crippen LogP contribution in [0.25, 0.3) is 0 Å². The Hall–Kier alpha value is -2.73. The third kappa shape index (κ3) is 5.16. The molecule has 1 heterocycles. The van der Waals surface area contributed by atoms with Crippen molar-refractivity contribution < 1.29 is 14.3 Å². The minimum atomic E-state index is -0.235. The monoisotopic (exact) mass is 383 g/mol. The van der Waals surface area contributed by atoms with E-state index in [9.17, 15) is 4.79 Å². The second-order valence-electron chi connectivity index (χ2n) is 7.07. The van der Waals surface area contributed by atoms with Crippen molar-refractivity contribution in [3.05, 3.63) is 53.1 Å². The molecule has 3 rings (SSSR count). The molecule has 2 aromatic rings. The fourth-order valence-electron chi connectivity index (χ4n) is 3.54. The number of rotatable bonds is 6. The van der Waals surface area contributed by atoms with Crippen LogP contribution in [0.3, 0.4) is 0 Å². The van der Waals surface area contributed by atoms with Crippen LogP contribution in [0.1, 0.15) is 16.7 Å². The highest BCUT2D eigenvalue weighted by Gasteiger charge is 2.15. The number of nitrogens with zero attached hydrogens (tertiary/aromatic N) is 1. The fourth-order valence-corrected chi connectivity index (χ4v) is 3.54. The van der Waals surface area contributed by atoms with Gasteiger partial charge in [0.15, 0.2) is 0 Å². The van der Waals surface area contributed by atoms with E-state index < -0.39 is 0 Å². The first-order valence-electron chi connectivity index (χ1n) is 9.72. The summed E-state index contributed by atoms with van der Waals surface area (Å²) >= 11 is 0. The first kappa shape index (κ1) is 20.0. The minimum absolute atomic E-state index is 0.235. The molecule has 6 nitrogen and oxygen atoms in total. The van der Waals surface area contributed by atoms with Gasteiger partial charge in [0.2, 0.25) is 0 Å². The van der Waals surface area contributed by atoms with Crippen molar-refractivity contribution >= 4 is 17.4 Å². The van der Waals surface area contributed by atoms with Gasteiger partial charge in [0.1, 0.15) is 12.4 Å². The Morgan fingerprint density at radius 2 is 1.79 bits per heavy atom. The number of amides is 2. The van der Waals surface area contributed by atoms with Crippen LogP contribution in [0.15, 0.2) is 36.4 Å². The maximum absolute atomic E-state index is 12.3. The van der Waals surface area contributed by atoms with Crippen LogP contribution in [0.5, 0.6) is 5.75 Å². The second-order valence-corrected chi connectivity index (χ2v) is 7.07. The summed E-state index contributed by atoms with van der Waals surface area (Å²) in [5, 5.41) is 5.81. The number of hydrogen-bond acceptors (Lipinski definition) is 4. The summed E-state index contributed by atoms with van der Waals surface area (Å²) in [5.41, 5.74) is 5.26. The number of anilines is 2. The Morgan fingerprint density at radius 1 is 1.11 bits per heavy atom. The number of nitrogens with one attached hydrogen (secondary N) is 2. The van der Waals surface area contributed by atoms with Gasteiger partial charge in [0.05, 0.1) is 31.1 Å². The molecule has 2 amide bonds. The molecule has 0 spiro atoms. The molecule has 0 saturated carbocycles. The standard InChI is InChI=1S/C22H29N3O3/c1-16-14-17(2)21(18(3)15-16)28-11-8-23-22(26)24-19-6-4-5-7-20(19)25-9-12-27-13-10-25/h4-7,14-15H,8-13H2,1-3H3,(H2,23,24,26). The smallest absolute Gasteiger partial charge is 0.319 e. The molecule has 6 heteroatoms. The predicted molar refractivity (Wildman–Crippen MR) is 113 cm³/mol. The number of hydrogen-bond donors (Lipinski definition) is 2. The van der Waals surface area contributed by atoms with E-state index in [4.69, 9.17) is 9.47 Å². The lowest BCUT2D eigenvalue weighted by Crippen LogP contribution is -2.37. The number of urea groups is 1. The zero-order valence-electron chi connectivity index (χ0n) is 16.9. The van der Waals surface area contributed by atoms with Crippen LogP contribution >= 0.6 is 0 Å². The first-order valence-corrected chi connectivity index (χ1v) is 9.72. The summed E-state index contributed by atoms with van der Waals surface area (Å²) in [6, 6.07) is 11.8. The van der Waals surface area contributed by atoms with E-state index in [1.807, 2.05) is 38.1 Å². The molecule has 1 aliphatic heterocycles. The molecule has 1 aliphatic rings. The van der Waals surface area contributed by atoms with Crippen LogP contribution in [-0.2, 0) is 4.74 Å². The maximum Gasteiger partial charge on any atom is 0.319 e. The Morgan fingerprint density at radius 3 is 2.50 bits per heavy atom. The molecule has 2 N–H and O–H groups in total. The lowest BCUT2D eigenvalue weighted by molar-refractivity contribution is 0.123. The van der Waals surface area contributed by atoms with Crippen molar-refractivity contribution in [2.75, 3.05) is 49.7 Å². The molecule has 1 saturated heterocycles. The van der Waals surface area contributed by atoms with Gasteiger partial charge in [-0.2, -0.15) is 0 Å². The number of carbonyl (C=O) groups is 1. The quantitative estimate of drug-likeness (QED) is 0.748. The molecule has 0 aromatic heterocycles. The molecular weight excluding hydrogens is 354 g/mol. The molecule has 28 heavy (non-hydrogen) atoms. The van der Waals surface area contributed by atoms with Crippen LogP contribution < -0.4 is 20.3 Å². The number of para-hydroxylation sites is 2. The van der Waals surface area contributed by atoms with Crippen LogP contribution in [0.4, 0.5) is 16.2 Å². The molecule has 0 radical (unpaired) electrons. The number of morpholine rings is 1. The minimum Gasteiger partial charge on any atom is -0.491 e. The highest BCUT2D eigenvalue weighted by atomic mass is 16.5. The molecule has 0 aliphatic carbocycles. The van der Waals surface area contributed by atoms with Crippen LogP contribution in [-0.4, -0.2) is 45.5 Å². The van der Waals surface area contributed by atoms with Crippen molar-refractivity contribution in [1.29, 1.82) is 0 Å². The SMILES string of the molecule is Cc1cc(C)c(OCCNC(=O)Nc2ccccc2N2CCOCC2)c(C)c1. The van der Waals surface area contributed by atoms with Crippen molar-refractivity contribution in [2.45, 2.75) is 20.8 Å². The van der Waals surface area contributed by atoms with Gasteiger partial charge in [-0.1, -0.05) is 29.8 Å². The van der Waals surface area contributed by atoms with E-state index in [2.05, 4.69) is 34.6 Å². The van der Waals surface area contributed by atoms with Crippen LogP contribution in [0.2, 0.25) is 0 Å². The summed E-state index contributed by atoms with van der Waals surface area (Å²) < 4.78 is 11.3. The molecule has 0 bridgehead atoms. The fraction of sp³-hybridized carbons (Fsp3) is 0.409. The predicted octanol–water partition coefficient (Wildman–Crippen LogP) is 3.65. The molecule has 0 atom stereocenters. The topological polar surface area (TPSA) is 62.8 Å². The normalized spacial score (nSPS) is 13.9. The van der Waals surface area contributed by atoms with E-state index in [-0.39, 0.29) is 6.03 Å². The largest absolute Gasteiger partial charge is 0.491 e. The first-order chi connectivity index (χ1) is 13.5. The summed E-state index contributed by atoms with van der Waals surface area (Å²) in [5.74, 6) is 0.894. The van der Waals surface area contributed by atoms with Gasteiger partial charge in [-0.25, -0.2) is 4.79 Å². The van der Waals surface area contributed by atoms with Gasteiger partial charge in [-0.05, 0) is 44.0 Å². The summed E-state index contributed by atoms with van der Waals surface area (Å²) in [4.78, 5) is 14.5. The van der Waals surface area contributed by atoms with E-state index in [1.54, 1.807) is 0 Å².